The van der Waals surface area contributed by atoms with Gasteiger partial charge >= 0.3 is 0 Å². The largest absolute Gasteiger partial charge is 0.462 e. The Morgan fingerprint density at radius 1 is 1.29 bits per heavy atom. The first kappa shape index (κ1) is 16.7. The molecule has 0 aliphatic carbocycles. The minimum absolute atomic E-state index is 0.0466. The van der Waals surface area contributed by atoms with E-state index in [4.69, 9.17) is 4.42 Å². The molecule has 0 saturated carbocycles. The number of amides is 1. The van der Waals surface area contributed by atoms with Crippen molar-refractivity contribution in [1.29, 1.82) is 0 Å². The number of furan rings is 1. The highest BCUT2D eigenvalue weighted by atomic mass is 32.2. The number of hydrogen-bond donors (Lipinski definition) is 1. The lowest BCUT2D eigenvalue weighted by Crippen LogP contribution is -2.24. The van der Waals surface area contributed by atoms with Crippen molar-refractivity contribution in [2.24, 2.45) is 0 Å². The third-order valence-electron chi connectivity index (χ3n) is 3.20. The Morgan fingerprint density at radius 2 is 2.17 bits per heavy atom. The molecule has 0 bridgehead atoms. The summed E-state index contributed by atoms with van der Waals surface area (Å²) in [6, 6.07) is 7.45. The van der Waals surface area contributed by atoms with E-state index in [0.29, 0.717) is 12.3 Å². The van der Waals surface area contributed by atoms with E-state index in [9.17, 15) is 4.79 Å². The second-order valence-electron chi connectivity index (χ2n) is 5.08. The molecule has 0 unspecified atom stereocenters. The summed E-state index contributed by atoms with van der Waals surface area (Å²) < 4.78 is 5.35. The number of nitrogens with one attached hydrogen (secondary N) is 1. The summed E-state index contributed by atoms with van der Waals surface area (Å²) in [5, 5.41) is 12.5. The molecule has 3 rings (SSSR count). The van der Waals surface area contributed by atoms with Crippen LogP contribution in [0.15, 0.2) is 40.0 Å². The Labute approximate surface area is 147 Å². The predicted molar refractivity (Wildman–Crippen MR) is 93.9 cm³/mol. The molecule has 3 aromatic heterocycles. The number of nitrogens with zero attached hydrogens (tertiary/aromatic N) is 3. The van der Waals surface area contributed by atoms with Crippen molar-refractivity contribution in [3.05, 3.63) is 46.8 Å². The third-order valence-corrected chi connectivity index (χ3v) is 5.29. The summed E-state index contributed by atoms with van der Waals surface area (Å²) in [6.45, 7) is 4.27. The second kappa shape index (κ2) is 7.59. The summed E-state index contributed by atoms with van der Waals surface area (Å²) >= 11 is 2.89. The quantitative estimate of drug-likeness (QED) is 0.680. The molecule has 0 spiro atoms. The highest BCUT2D eigenvalue weighted by Gasteiger charge is 2.12. The van der Waals surface area contributed by atoms with Crippen molar-refractivity contribution in [3.8, 4) is 10.8 Å². The van der Waals surface area contributed by atoms with Gasteiger partial charge in [0.15, 0.2) is 10.8 Å². The first-order chi connectivity index (χ1) is 11.6. The Morgan fingerprint density at radius 3 is 2.88 bits per heavy atom. The first-order valence-electron chi connectivity index (χ1n) is 7.32. The van der Waals surface area contributed by atoms with E-state index in [2.05, 4.69) is 20.5 Å². The molecule has 24 heavy (non-hydrogen) atoms. The van der Waals surface area contributed by atoms with Gasteiger partial charge in [0.1, 0.15) is 5.03 Å². The van der Waals surface area contributed by atoms with Crippen molar-refractivity contribution in [2.45, 2.75) is 25.4 Å². The fourth-order valence-corrected chi connectivity index (χ4v) is 3.55. The van der Waals surface area contributed by atoms with Gasteiger partial charge in [-0.1, -0.05) is 11.8 Å². The first-order valence-corrected chi connectivity index (χ1v) is 9.12. The summed E-state index contributed by atoms with van der Waals surface area (Å²) in [6.07, 6.45) is 1.62. The standard InChI is InChI=1S/C16H16N4O2S2/c1-10-5-6-15(20-19-10)23-9-14(21)17-8-13-11(2)18-16(24-13)12-4-3-7-22-12/h3-7H,8-9H2,1-2H3,(H,17,21). The van der Waals surface area contributed by atoms with E-state index >= 15 is 0 Å². The lowest BCUT2D eigenvalue weighted by atomic mass is 10.4. The van der Waals surface area contributed by atoms with Crippen LogP contribution < -0.4 is 5.32 Å². The fourth-order valence-electron chi connectivity index (χ4n) is 1.93. The number of aromatic nitrogens is 3. The number of rotatable bonds is 6. The Kier molecular flexibility index (Phi) is 5.27. The number of carbonyl (C=O) groups is 1. The third kappa shape index (κ3) is 4.21. The van der Waals surface area contributed by atoms with Gasteiger partial charge in [-0.05, 0) is 38.1 Å². The molecule has 0 radical (unpaired) electrons. The number of carbonyl (C=O) groups excluding carboxylic acids is 1. The molecular formula is C16H16N4O2S2. The average Bonchev–Trinajstić information content (AvgIpc) is 3.22. The lowest BCUT2D eigenvalue weighted by Gasteiger charge is -2.03. The number of hydrogen-bond acceptors (Lipinski definition) is 7. The SMILES string of the molecule is Cc1ccc(SCC(=O)NCc2sc(-c3ccco3)nc2C)nn1. The maximum absolute atomic E-state index is 12.0. The summed E-state index contributed by atoms with van der Waals surface area (Å²) in [5.74, 6) is 1.00. The Bertz CT molecular complexity index is 813. The number of aryl methyl sites for hydroxylation is 2. The topological polar surface area (TPSA) is 80.9 Å². The summed E-state index contributed by atoms with van der Waals surface area (Å²) in [4.78, 5) is 17.5. The summed E-state index contributed by atoms with van der Waals surface area (Å²) in [7, 11) is 0. The fraction of sp³-hybridized carbons (Fsp3) is 0.250. The molecule has 0 aliphatic heterocycles. The van der Waals surface area contributed by atoms with Crippen molar-refractivity contribution in [3.63, 3.8) is 0 Å². The van der Waals surface area contributed by atoms with Crippen LogP contribution in [0.3, 0.4) is 0 Å². The van der Waals surface area contributed by atoms with Crippen molar-refractivity contribution in [2.75, 3.05) is 5.75 Å². The minimum atomic E-state index is -0.0466. The maximum atomic E-state index is 12.0. The lowest BCUT2D eigenvalue weighted by molar-refractivity contribution is -0.118. The van der Waals surface area contributed by atoms with Gasteiger partial charge in [-0.2, -0.15) is 5.10 Å². The molecule has 1 N–H and O–H groups in total. The van der Waals surface area contributed by atoms with Gasteiger partial charge in [-0.3, -0.25) is 4.79 Å². The predicted octanol–water partition coefficient (Wildman–Crippen LogP) is 3.22. The van der Waals surface area contributed by atoms with Crippen LogP contribution in [0.4, 0.5) is 0 Å². The van der Waals surface area contributed by atoms with Crippen LogP contribution in [-0.2, 0) is 11.3 Å². The van der Waals surface area contributed by atoms with Crippen molar-refractivity contribution in [1.82, 2.24) is 20.5 Å². The van der Waals surface area contributed by atoms with Gasteiger partial charge < -0.3 is 9.73 Å². The zero-order valence-electron chi connectivity index (χ0n) is 13.3. The van der Waals surface area contributed by atoms with Gasteiger partial charge in [0.05, 0.1) is 29.9 Å². The smallest absolute Gasteiger partial charge is 0.230 e. The normalized spacial score (nSPS) is 10.8. The highest BCUT2D eigenvalue weighted by Crippen LogP contribution is 2.28. The molecule has 0 aliphatic rings. The van der Waals surface area contributed by atoms with Crippen LogP contribution >= 0.6 is 23.1 Å². The Hall–Kier alpha value is -2.19. The maximum Gasteiger partial charge on any atom is 0.230 e. The average molecular weight is 360 g/mol. The molecule has 3 aromatic rings. The van der Waals surface area contributed by atoms with Gasteiger partial charge in [0, 0.05) is 4.88 Å². The summed E-state index contributed by atoms with van der Waals surface area (Å²) in [5.41, 5.74) is 1.76. The molecule has 0 fully saturated rings. The molecule has 3 heterocycles. The van der Waals surface area contributed by atoms with Crippen molar-refractivity contribution >= 4 is 29.0 Å². The monoisotopic (exact) mass is 360 g/mol. The van der Waals surface area contributed by atoms with Gasteiger partial charge in [-0.25, -0.2) is 4.98 Å². The van der Waals surface area contributed by atoms with Crippen LogP contribution in [0.1, 0.15) is 16.3 Å². The van der Waals surface area contributed by atoms with E-state index < -0.39 is 0 Å². The van der Waals surface area contributed by atoms with Crippen LogP contribution in [0, 0.1) is 13.8 Å². The van der Waals surface area contributed by atoms with Gasteiger partial charge in [0.25, 0.3) is 0 Å². The number of thiazole rings is 1. The molecule has 0 saturated heterocycles. The van der Waals surface area contributed by atoms with Crippen LogP contribution in [-0.4, -0.2) is 26.8 Å². The van der Waals surface area contributed by atoms with E-state index in [-0.39, 0.29) is 5.91 Å². The van der Waals surface area contributed by atoms with E-state index in [1.807, 2.05) is 38.1 Å². The van der Waals surface area contributed by atoms with Gasteiger partial charge in [0.2, 0.25) is 5.91 Å². The molecule has 124 valence electrons. The highest BCUT2D eigenvalue weighted by molar-refractivity contribution is 7.99. The van der Waals surface area contributed by atoms with Crippen LogP contribution in [0.2, 0.25) is 0 Å². The zero-order valence-corrected chi connectivity index (χ0v) is 14.9. The van der Waals surface area contributed by atoms with Crippen LogP contribution in [0.25, 0.3) is 10.8 Å². The molecule has 6 nitrogen and oxygen atoms in total. The van der Waals surface area contributed by atoms with Gasteiger partial charge in [-0.15, -0.1) is 16.4 Å². The molecule has 1 amide bonds. The molecule has 0 aromatic carbocycles. The molecule has 8 heteroatoms. The van der Waals surface area contributed by atoms with E-state index in [0.717, 1.165) is 32.1 Å². The van der Waals surface area contributed by atoms with Crippen molar-refractivity contribution < 1.29 is 9.21 Å². The number of thioether (sulfide) groups is 1. The van der Waals surface area contributed by atoms with E-state index in [1.54, 1.807) is 6.26 Å². The van der Waals surface area contributed by atoms with Crippen LogP contribution in [0.5, 0.6) is 0 Å². The minimum Gasteiger partial charge on any atom is -0.462 e. The molecular weight excluding hydrogens is 344 g/mol. The molecule has 0 atom stereocenters. The van der Waals surface area contributed by atoms with E-state index in [1.165, 1.54) is 23.1 Å². The Balaban J connectivity index is 1.52. The zero-order chi connectivity index (χ0) is 16.9. The second-order valence-corrected chi connectivity index (χ2v) is 7.16.